The van der Waals surface area contributed by atoms with Gasteiger partial charge in [-0.1, -0.05) is 24.3 Å². The highest BCUT2D eigenvalue weighted by Crippen LogP contribution is 2.37. The van der Waals surface area contributed by atoms with E-state index < -0.39 is 17.6 Å². The summed E-state index contributed by atoms with van der Waals surface area (Å²) in [6.45, 7) is -0.263. The summed E-state index contributed by atoms with van der Waals surface area (Å²) in [6, 6.07) is 8.91. The SMILES string of the molecule is OCCc1cc(-c2ccccc2C(F)(F)F)ccc1F. The summed E-state index contributed by atoms with van der Waals surface area (Å²) in [5, 5.41) is 8.84. The minimum absolute atomic E-state index is 0.000750. The van der Waals surface area contributed by atoms with Crippen LogP contribution in [0.5, 0.6) is 0 Å². The summed E-state index contributed by atoms with van der Waals surface area (Å²) < 4.78 is 52.3. The molecule has 106 valence electrons. The van der Waals surface area contributed by atoms with Gasteiger partial charge in [0.1, 0.15) is 5.82 Å². The number of hydrogen-bond acceptors (Lipinski definition) is 1. The van der Waals surface area contributed by atoms with Crippen molar-refractivity contribution in [3.8, 4) is 11.1 Å². The summed E-state index contributed by atoms with van der Waals surface area (Å²) in [5.41, 5.74) is -0.287. The number of alkyl halides is 3. The second-order valence-corrected chi connectivity index (χ2v) is 4.32. The van der Waals surface area contributed by atoms with E-state index in [1.807, 2.05) is 0 Å². The van der Waals surface area contributed by atoms with Gasteiger partial charge in [0.25, 0.3) is 0 Å². The first-order chi connectivity index (χ1) is 9.43. The molecule has 5 heteroatoms. The van der Waals surface area contributed by atoms with Crippen molar-refractivity contribution in [2.75, 3.05) is 6.61 Å². The van der Waals surface area contributed by atoms with Gasteiger partial charge in [-0.3, -0.25) is 0 Å². The van der Waals surface area contributed by atoms with Crippen LogP contribution in [-0.2, 0) is 12.6 Å². The molecule has 0 bridgehead atoms. The van der Waals surface area contributed by atoms with Crippen LogP contribution in [0.4, 0.5) is 17.6 Å². The van der Waals surface area contributed by atoms with E-state index in [2.05, 4.69) is 0 Å². The molecule has 0 aromatic heterocycles. The van der Waals surface area contributed by atoms with Gasteiger partial charge in [-0.05, 0) is 41.3 Å². The molecule has 0 aliphatic heterocycles. The lowest BCUT2D eigenvalue weighted by atomic mass is 9.97. The summed E-state index contributed by atoms with van der Waals surface area (Å²) >= 11 is 0. The third-order valence-corrected chi connectivity index (χ3v) is 2.97. The summed E-state index contributed by atoms with van der Waals surface area (Å²) in [5.74, 6) is -0.535. The van der Waals surface area contributed by atoms with Crippen molar-refractivity contribution in [3.63, 3.8) is 0 Å². The maximum atomic E-state index is 13.5. The third kappa shape index (κ3) is 2.99. The van der Waals surface area contributed by atoms with Crippen LogP contribution in [0.15, 0.2) is 42.5 Å². The molecule has 0 saturated heterocycles. The lowest BCUT2D eigenvalue weighted by Crippen LogP contribution is -2.07. The molecular formula is C15H12F4O. The standard InChI is InChI=1S/C15H12F4O/c16-14-6-5-10(9-11(14)7-8-20)12-3-1-2-4-13(12)15(17,18)19/h1-6,9,20H,7-8H2. The van der Waals surface area contributed by atoms with Gasteiger partial charge >= 0.3 is 6.18 Å². The van der Waals surface area contributed by atoms with Crippen LogP contribution in [0.2, 0.25) is 0 Å². The van der Waals surface area contributed by atoms with Crippen molar-refractivity contribution in [1.82, 2.24) is 0 Å². The molecule has 0 aliphatic rings. The molecule has 0 radical (unpaired) electrons. The molecule has 0 atom stereocenters. The maximum absolute atomic E-state index is 13.5. The first-order valence-electron chi connectivity index (χ1n) is 5.99. The zero-order valence-electron chi connectivity index (χ0n) is 10.4. The molecule has 2 aromatic rings. The molecule has 1 N–H and O–H groups in total. The van der Waals surface area contributed by atoms with E-state index in [-0.39, 0.29) is 29.7 Å². The highest BCUT2D eigenvalue weighted by Gasteiger charge is 2.33. The zero-order chi connectivity index (χ0) is 14.8. The predicted molar refractivity (Wildman–Crippen MR) is 67.6 cm³/mol. The lowest BCUT2D eigenvalue weighted by molar-refractivity contribution is -0.137. The van der Waals surface area contributed by atoms with Gasteiger partial charge in [0.15, 0.2) is 0 Å². The Labute approximate surface area is 113 Å². The Morgan fingerprint density at radius 2 is 1.70 bits per heavy atom. The summed E-state index contributed by atoms with van der Waals surface area (Å²) in [6.07, 6.45) is -4.41. The van der Waals surface area contributed by atoms with Crippen molar-refractivity contribution in [1.29, 1.82) is 0 Å². The van der Waals surface area contributed by atoms with Crippen LogP contribution in [0, 0.1) is 5.82 Å². The van der Waals surface area contributed by atoms with Gasteiger partial charge in [0.05, 0.1) is 5.56 Å². The van der Waals surface area contributed by atoms with Crippen LogP contribution in [-0.4, -0.2) is 11.7 Å². The largest absolute Gasteiger partial charge is 0.417 e. The van der Waals surface area contributed by atoms with Gasteiger partial charge in [-0.25, -0.2) is 4.39 Å². The first-order valence-corrected chi connectivity index (χ1v) is 5.99. The second kappa shape index (κ2) is 5.63. The van der Waals surface area contributed by atoms with E-state index in [1.165, 1.54) is 30.3 Å². The molecule has 0 amide bonds. The van der Waals surface area contributed by atoms with Crippen LogP contribution in [0.3, 0.4) is 0 Å². The van der Waals surface area contributed by atoms with Gasteiger partial charge < -0.3 is 5.11 Å². The number of aliphatic hydroxyl groups is 1. The predicted octanol–water partition coefficient (Wildman–Crippen LogP) is 4.05. The molecule has 1 nitrogen and oxygen atoms in total. The van der Waals surface area contributed by atoms with E-state index in [1.54, 1.807) is 0 Å². The molecule has 20 heavy (non-hydrogen) atoms. The minimum atomic E-state index is -4.47. The fraction of sp³-hybridized carbons (Fsp3) is 0.200. The third-order valence-electron chi connectivity index (χ3n) is 2.97. The Kier molecular flexibility index (Phi) is 4.09. The van der Waals surface area contributed by atoms with Crippen molar-refractivity contribution >= 4 is 0 Å². The normalized spacial score (nSPS) is 11.7. The monoisotopic (exact) mass is 284 g/mol. The van der Waals surface area contributed by atoms with E-state index in [4.69, 9.17) is 5.11 Å². The van der Waals surface area contributed by atoms with Gasteiger partial charge in [0, 0.05) is 6.61 Å². The van der Waals surface area contributed by atoms with Crippen LogP contribution in [0.1, 0.15) is 11.1 Å². The maximum Gasteiger partial charge on any atom is 0.417 e. The molecule has 2 aromatic carbocycles. The number of rotatable bonds is 3. The number of halogens is 4. The fourth-order valence-electron chi connectivity index (χ4n) is 2.04. The van der Waals surface area contributed by atoms with Crippen molar-refractivity contribution in [3.05, 3.63) is 59.4 Å². The number of hydrogen-bond donors (Lipinski definition) is 1. The molecule has 0 heterocycles. The average Bonchev–Trinajstić information content (AvgIpc) is 2.41. The molecular weight excluding hydrogens is 272 g/mol. The van der Waals surface area contributed by atoms with Gasteiger partial charge in [-0.15, -0.1) is 0 Å². The van der Waals surface area contributed by atoms with Crippen LogP contribution >= 0.6 is 0 Å². The van der Waals surface area contributed by atoms with Crippen molar-refractivity contribution in [2.45, 2.75) is 12.6 Å². The number of aliphatic hydroxyl groups excluding tert-OH is 1. The van der Waals surface area contributed by atoms with Crippen molar-refractivity contribution < 1.29 is 22.7 Å². The van der Waals surface area contributed by atoms with E-state index >= 15 is 0 Å². The summed E-state index contributed by atoms with van der Waals surface area (Å²) in [4.78, 5) is 0. The van der Waals surface area contributed by atoms with Gasteiger partial charge in [0.2, 0.25) is 0 Å². The molecule has 2 rings (SSSR count). The Morgan fingerprint density at radius 1 is 1.00 bits per heavy atom. The topological polar surface area (TPSA) is 20.2 Å². The van der Waals surface area contributed by atoms with E-state index in [0.717, 1.165) is 12.1 Å². The highest BCUT2D eigenvalue weighted by molar-refractivity contribution is 5.68. The van der Waals surface area contributed by atoms with Crippen molar-refractivity contribution in [2.24, 2.45) is 0 Å². The van der Waals surface area contributed by atoms with Crippen LogP contribution < -0.4 is 0 Å². The number of benzene rings is 2. The fourth-order valence-corrected chi connectivity index (χ4v) is 2.04. The molecule has 0 saturated carbocycles. The minimum Gasteiger partial charge on any atom is -0.396 e. The Bertz CT molecular complexity index is 605. The Balaban J connectivity index is 2.55. The van der Waals surface area contributed by atoms with E-state index in [0.29, 0.717) is 0 Å². The molecule has 0 aliphatic carbocycles. The quantitative estimate of drug-likeness (QED) is 0.843. The summed E-state index contributed by atoms with van der Waals surface area (Å²) in [7, 11) is 0. The molecule has 0 spiro atoms. The highest BCUT2D eigenvalue weighted by atomic mass is 19.4. The van der Waals surface area contributed by atoms with Gasteiger partial charge in [-0.2, -0.15) is 13.2 Å². The Morgan fingerprint density at radius 3 is 2.35 bits per heavy atom. The van der Waals surface area contributed by atoms with E-state index in [9.17, 15) is 17.6 Å². The van der Waals surface area contributed by atoms with Crippen LogP contribution in [0.25, 0.3) is 11.1 Å². The Hall–Kier alpha value is -1.88. The average molecular weight is 284 g/mol. The zero-order valence-corrected chi connectivity index (χ0v) is 10.4. The molecule has 0 fully saturated rings. The lowest BCUT2D eigenvalue weighted by Gasteiger charge is -2.13. The molecule has 0 unspecified atom stereocenters. The smallest absolute Gasteiger partial charge is 0.396 e. The first kappa shape index (κ1) is 14.5. The second-order valence-electron chi connectivity index (χ2n) is 4.32.